The zero-order valence-corrected chi connectivity index (χ0v) is 19.0. The average Bonchev–Trinajstić information content (AvgIpc) is 3.39. The van der Waals surface area contributed by atoms with Crippen molar-refractivity contribution in [1.29, 1.82) is 0 Å². The van der Waals surface area contributed by atoms with Crippen LogP contribution < -0.4 is 16.4 Å². The molecule has 7 nitrogen and oxygen atoms in total. The minimum atomic E-state index is -0.483. The van der Waals surface area contributed by atoms with E-state index in [0.717, 1.165) is 41.0 Å². The number of nitrogens with zero attached hydrogens (tertiary/aromatic N) is 2. The number of benzene rings is 1. The molecule has 0 aliphatic heterocycles. The van der Waals surface area contributed by atoms with Crippen molar-refractivity contribution in [2.45, 2.75) is 37.4 Å². The number of carbonyl (C=O) groups is 2. The van der Waals surface area contributed by atoms with Crippen molar-refractivity contribution in [3.05, 3.63) is 45.3 Å². The van der Waals surface area contributed by atoms with Gasteiger partial charge in [-0.2, -0.15) is 0 Å². The van der Waals surface area contributed by atoms with Crippen molar-refractivity contribution in [3.8, 4) is 0 Å². The van der Waals surface area contributed by atoms with Crippen LogP contribution in [-0.4, -0.2) is 27.8 Å². The van der Waals surface area contributed by atoms with E-state index in [9.17, 15) is 9.59 Å². The lowest BCUT2D eigenvalue weighted by atomic mass is 10.1. The molecule has 0 saturated heterocycles. The maximum atomic E-state index is 12.4. The molecule has 3 aromatic rings. The molecule has 30 heavy (non-hydrogen) atoms. The van der Waals surface area contributed by atoms with Gasteiger partial charge in [-0.15, -0.1) is 21.5 Å². The first-order chi connectivity index (χ1) is 14.4. The van der Waals surface area contributed by atoms with Gasteiger partial charge in [0.1, 0.15) is 5.00 Å². The first-order valence-corrected chi connectivity index (χ1v) is 12.1. The van der Waals surface area contributed by atoms with Crippen LogP contribution in [0.15, 0.2) is 22.5 Å². The maximum Gasteiger partial charge on any atom is 0.251 e. The Labute approximate surface area is 186 Å². The summed E-state index contributed by atoms with van der Waals surface area (Å²) in [6.07, 6.45) is 2.81. The number of aryl methyl sites for hydroxylation is 2. The fourth-order valence-electron chi connectivity index (χ4n) is 3.36. The lowest BCUT2D eigenvalue weighted by molar-refractivity contribution is -0.113. The van der Waals surface area contributed by atoms with Crippen LogP contribution in [0.25, 0.3) is 0 Å². The minimum Gasteiger partial charge on any atom is -0.365 e. The van der Waals surface area contributed by atoms with Crippen LogP contribution in [0.1, 0.15) is 38.3 Å². The Hall–Kier alpha value is -2.43. The van der Waals surface area contributed by atoms with Crippen molar-refractivity contribution in [2.24, 2.45) is 5.73 Å². The van der Waals surface area contributed by atoms with Gasteiger partial charge < -0.3 is 16.4 Å². The van der Waals surface area contributed by atoms with Crippen molar-refractivity contribution in [2.75, 3.05) is 16.4 Å². The maximum absolute atomic E-state index is 12.4. The number of hydrogen-bond donors (Lipinski definition) is 3. The molecule has 2 amide bonds. The summed E-state index contributed by atoms with van der Waals surface area (Å²) in [4.78, 5) is 25.4. The van der Waals surface area contributed by atoms with Crippen molar-refractivity contribution in [1.82, 2.24) is 10.2 Å². The highest BCUT2D eigenvalue weighted by Gasteiger charge is 2.26. The van der Waals surface area contributed by atoms with Crippen LogP contribution in [0.5, 0.6) is 0 Å². The molecule has 1 aliphatic rings. The third-order valence-corrected chi connectivity index (χ3v) is 8.18. The Morgan fingerprint density at radius 3 is 2.83 bits per heavy atom. The quantitative estimate of drug-likeness (QED) is 0.455. The number of anilines is 3. The van der Waals surface area contributed by atoms with E-state index in [1.54, 1.807) is 0 Å². The molecule has 2 aromatic heterocycles. The number of nitrogens with two attached hydrogens (primary N) is 1. The second-order valence-electron chi connectivity index (χ2n) is 7.01. The molecule has 0 atom stereocenters. The van der Waals surface area contributed by atoms with Gasteiger partial charge in [-0.05, 0) is 55.9 Å². The molecule has 2 heterocycles. The second kappa shape index (κ2) is 8.75. The molecular weight excluding hydrogens is 438 g/mol. The Morgan fingerprint density at radius 1 is 1.20 bits per heavy atom. The van der Waals surface area contributed by atoms with Gasteiger partial charge in [0.25, 0.3) is 5.91 Å². The summed E-state index contributed by atoms with van der Waals surface area (Å²) >= 11 is 4.17. The van der Waals surface area contributed by atoms with E-state index in [1.165, 1.54) is 40.0 Å². The zero-order chi connectivity index (χ0) is 21.3. The summed E-state index contributed by atoms with van der Waals surface area (Å²) in [5.41, 5.74) is 10.4. The minimum absolute atomic E-state index is 0.179. The van der Waals surface area contributed by atoms with Gasteiger partial charge in [0.05, 0.1) is 11.3 Å². The molecule has 0 bridgehead atoms. The van der Waals surface area contributed by atoms with Crippen LogP contribution in [0.2, 0.25) is 0 Å². The van der Waals surface area contributed by atoms with E-state index in [1.807, 2.05) is 12.1 Å². The molecule has 0 unspecified atom stereocenters. The molecule has 0 fully saturated rings. The number of rotatable bonds is 7. The predicted octanol–water partition coefficient (Wildman–Crippen LogP) is 4.28. The van der Waals surface area contributed by atoms with Gasteiger partial charge >= 0.3 is 0 Å². The summed E-state index contributed by atoms with van der Waals surface area (Å²) in [5, 5.41) is 15.7. The standard InChI is InChI=1S/C20H21N5O2S3/c1-10-5-3-7-13(11(10)2)22-19-24-25-20(30-19)28-9-15(26)23-18-16(17(21)27)12-6-4-8-14(12)29-18/h3,5,7H,4,6,8-9H2,1-2H3,(H2,21,27)(H,22,24)(H,23,26). The number of nitrogens with one attached hydrogen (secondary N) is 2. The van der Waals surface area contributed by atoms with Crippen molar-refractivity contribution < 1.29 is 9.59 Å². The van der Waals surface area contributed by atoms with Gasteiger partial charge in [0.15, 0.2) is 4.34 Å². The van der Waals surface area contributed by atoms with Gasteiger partial charge in [-0.3, -0.25) is 9.59 Å². The van der Waals surface area contributed by atoms with E-state index in [0.29, 0.717) is 20.0 Å². The molecule has 0 saturated carbocycles. The number of amides is 2. The summed E-state index contributed by atoms with van der Waals surface area (Å²) < 4.78 is 0.696. The number of primary amides is 1. The molecule has 4 rings (SSSR count). The molecular formula is C20H21N5O2S3. The Balaban J connectivity index is 1.36. The number of hydrogen-bond acceptors (Lipinski definition) is 8. The lowest BCUT2D eigenvalue weighted by Crippen LogP contribution is -2.18. The molecule has 4 N–H and O–H groups in total. The third-order valence-electron chi connectivity index (χ3n) is 5.00. The molecule has 156 valence electrons. The normalized spacial score (nSPS) is 12.6. The monoisotopic (exact) mass is 459 g/mol. The second-order valence-corrected chi connectivity index (χ2v) is 10.3. The molecule has 1 aliphatic carbocycles. The van der Waals surface area contributed by atoms with E-state index in [2.05, 4.69) is 40.7 Å². The fraction of sp³-hybridized carbons (Fsp3) is 0.300. The SMILES string of the molecule is Cc1cccc(Nc2nnc(SCC(=O)Nc3sc4c(c3C(N)=O)CCC4)s2)c1C. The largest absolute Gasteiger partial charge is 0.365 e. The number of fused-ring (bicyclic) bond motifs is 1. The first kappa shape index (κ1) is 20.8. The molecule has 0 spiro atoms. The topological polar surface area (TPSA) is 110 Å². The highest BCUT2D eigenvalue weighted by Crippen LogP contribution is 2.39. The molecule has 10 heteroatoms. The van der Waals surface area contributed by atoms with Crippen LogP contribution in [0.4, 0.5) is 15.8 Å². The summed E-state index contributed by atoms with van der Waals surface area (Å²) in [7, 11) is 0. The Kier molecular flexibility index (Phi) is 6.07. The zero-order valence-electron chi connectivity index (χ0n) is 16.6. The number of thiophene rings is 1. The smallest absolute Gasteiger partial charge is 0.251 e. The number of carbonyl (C=O) groups excluding carboxylic acids is 2. The van der Waals surface area contributed by atoms with Crippen molar-refractivity contribution in [3.63, 3.8) is 0 Å². The van der Waals surface area contributed by atoms with Gasteiger partial charge in [-0.1, -0.05) is 35.2 Å². The van der Waals surface area contributed by atoms with E-state index in [-0.39, 0.29) is 11.7 Å². The van der Waals surface area contributed by atoms with Crippen LogP contribution in [-0.2, 0) is 17.6 Å². The number of aromatic nitrogens is 2. The van der Waals surface area contributed by atoms with Gasteiger partial charge in [-0.25, -0.2) is 0 Å². The van der Waals surface area contributed by atoms with Gasteiger partial charge in [0, 0.05) is 10.6 Å². The molecule has 0 radical (unpaired) electrons. The first-order valence-electron chi connectivity index (χ1n) is 9.46. The van der Waals surface area contributed by atoms with E-state index in [4.69, 9.17) is 5.73 Å². The highest BCUT2D eigenvalue weighted by molar-refractivity contribution is 8.01. The van der Waals surface area contributed by atoms with Crippen molar-refractivity contribution >= 4 is 62.1 Å². The number of thioether (sulfide) groups is 1. The Morgan fingerprint density at radius 2 is 2.03 bits per heavy atom. The average molecular weight is 460 g/mol. The summed E-state index contributed by atoms with van der Waals surface area (Å²) in [5.74, 6) is -0.496. The van der Waals surface area contributed by atoms with Crippen LogP contribution in [0.3, 0.4) is 0 Å². The summed E-state index contributed by atoms with van der Waals surface area (Å²) in [6, 6.07) is 6.05. The Bertz CT molecular complexity index is 1120. The predicted molar refractivity (Wildman–Crippen MR) is 123 cm³/mol. The summed E-state index contributed by atoms with van der Waals surface area (Å²) in [6.45, 7) is 4.12. The van der Waals surface area contributed by atoms with E-state index < -0.39 is 5.91 Å². The third kappa shape index (κ3) is 4.35. The van der Waals surface area contributed by atoms with Crippen LogP contribution >= 0.6 is 34.4 Å². The van der Waals surface area contributed by atoms with Crippen LogP contribution in [0, 0.1) is 13.8 Å². The van der Waals surface area contributed by atoms with E-state index >= 15 is 0 Å². The van der Waals surface area contributed by atoms with Gasteiger partial charge in [0.2, 0.25) is 11.0 Å². The fourth-order valence-corrected chi connectivity index (χ4v) is 6.24. The highest BCUT2D eigenvalue weighted by atomic mass is 32.2. The molecule has 1 aromatic carbocycles. The lowest BCUT2D eigenvalue weighted by Gasteiger charge is -2.08.